The van der Waals surface area contributed by atoms with Gasteiger partial charge in [0.1, 0.15) is 19.3 Å². The highest BCUT2D eigenvalue weighted by molar-refractivity contribution is 7.47. The van der Waals surface area contributed by atoms with Crippen molar-refractivity contribution in [3.8, 4) is 0 Å². The van der Waals surface area contributed by atoms with E-state index in [1.54, 1.807) is 0 Å². The van der Waals surface area contributed by atoms with Crippen LogP contribution in [0.15, 0.2) is 0 Å². The molecule has 0 amide bonds. The largest absolute Gasteiger partial charge is 0.472 e. The van der Waals surface area contributed by atoms with Gasteiger partial charge >= 0.3 is 39.5 Å². The molecule has 0 heterocycles. The maximum absolute atomic E-state index is 13.2. The molecule has 0 aromatic heterocycles. The number of rotatable bonds is 87. The van der Waals surface area contributed by atoms with E-state index in [9.17, 15) is 43.2 Å². The van der Waals surface area contributed by atoms with Gasteiger partial charge < -0.3 is 33.8 Å². The lowest BCUT2D eigenvalue weighted by atomic mass is 9.99. The third kappa shape index (κ3) is 80.5. The van der Waals surface area contributed by atoms with Gasteiger partial charge in [-0.1, -0.05) is 420 Å². The molecule has 0 rings (SSSR count). The van der Waals surface area contributed by atoms with Gasteiger partial charge in [-0.05, 0) is 37.5 Å². The molecule has 0 radical (unpaired) electrons. The molecule has 107 heavy (non-hydrogen) atoms. The monoisotopic (exact) mass is 1560 g/mol. The SMILES string of the molecule is CCCCCCCCCCCCCCCCCCCCCC(=O)O[C@H](COC(=O)CCCCCCCCCCCCCCCCCC(C)C)COP(=O)(O)OC[C@@H](O)COP(=O)(O)OC[C@@H](COC(=O)CCCCCCCCCCCCCC)OC(=O)CCCCCCCCCCCCCCCCC(C)CC. The van der Waals surface area contributed by atoms with Crippen molar-refractivity contribution in [2.24, 2.45) is 11.8 Å². The summed E-state index contributed by atoms with van der Waals surface area (Å²) >= 11 is 0. The number of carbonyl (C=O) groups is 4. The summed E-state index contributed by atoms with van der Waals surface area (Å²) in [4.78, 5) is 73.3. The summed E-state index contributed by atoms with van der Waals surface area (Å²) in [6.45, 7) is 9.77. The highest BCUT2D eigenvalue weighted by atomic mass is 31.2. The predicted molar refractivity (Wildman–Crippen MR) is 442 cm³/mol. The Hall–Kier alpha value is -1.94. The molecule has 0 bridgehead atoms. The molecular weight excluding hydrogens is 1390 g/mol. The van der Waals surface area contributed by atoms with E-state index in [0.29, 0.717) is 25.7 Å². The van der Waals surface area contributed by atoms with E-state index in [0.717, 1.165) is 102 Å². The number of phosphoric acid groups is 2. The molecule has 0 aliphatic carbocycles. The van der Waals surface area contributed by atoms with Crippen LogP contribution < -0.4 is 0 Å². The van der Waals surface area contributed by atoms with Crippen LogP contribution in [0.3, 0.4) is 0 Å². The highest BCUT2D eigenvalue weighted by Gasteiger charge is 2.31. The van der Waals surface area contributed by atoms with Gasteiger partial charge in [-0.3, -0.25) is 37.3 Å². The Morgan fingerprint density at radius 3 is 0.710 bits per heavy atom. The van der Waals surface area contributed by atoms with Gasteiger partial charge in [-0.25, -0.2) is 9.13 Å². The Labute approximate surface area is 658 Å². The van der Waals surface area contributed by atoms with Crippen molar-refractivity contribution in [3.63, 3.8) is 0 Å². The van der Waals surface area contributed by atoms with Crippen LogP contribution in [-0.4, -0.2) is 96.7 Å². The number of carbonyl (C=O) groups excluding carboxylic acids is 4. The first-order valence-electron chi connectivity index (χ1n) is 45.5. The van der Waals surface area contributed by atoms with E-state index in [2.05, 4.69) is 41.5 Å². The number of hydrogen-bond donors (Lipinski definition) is 3. The number of esters is 4. The van der Waals surface area contributed by atoms with Gasteiger partial charge in [0.25, 0.3) is 0 Å². The number of aliphatic hydroxyl groups excluding tert-OH is 1. The molecule has 0 fully saturated rings. The lowest BCUT2D eigenvalue weighted by Gasteiger charge is -2.21. The van der Waals surface area contributed by atoms with Crippen LogP contribution in [0.5, 0.6) is 0 Å². The number of hydrogen-bond acceptors (Lipinski definition) is 15. The fraction of sp³-hybridized carbons (Fsp3) is 0.955. The second-order valence-electron chi connectivity index (χ2n) is 32.4. The van der Waals surface area contributed by atoms with Crippen molar-refractivity contribution in [3.05, 3.63) is 0 Å². The van der Waals surface area contributed by atoms with Gasteiger partial charge in [0.2, 0.25) is 0 Å². The van der Waals surface area contributed by atoms with Crippen molar-refractivity contribution >= 4 is 39.5 Å². The smallest absolute Gasteiger partial charge is 0.462 e. The Morgan fingerprint density at radius 2 is 0.477 bits per heavy atom. The Bertz CT molecular complexity index is 2050. The van der Waals surface area contributed by atoms with Gasteiger partial charge in [0.15, 0.2) is 12.2 Å². The summed E-state index contributed by atoms with van der Waals surface area (Å²) in [5, 5.41) is 10.7. The van der Waals surface area contributed by atoms with Crippen LogP contribution in [0.4, 0.5) is 0 Å². The number of phosphoric ester groups is 2. The van der Waals surface area contributed by atoms with Crippen molar-refractivity contribution < 1.29 is 80.2 Å². The quantitative estimate of drug-likeness (QED) is 0.0222. The molecule has 3 unspecified atom stereocenters. The van der Waals surface area contributed by atoms with Crippen molar-refractivity contribution in [2.75, 3.05) is 39.6 Å². The van der Waals surface area contributed by atoms with Crippen LogP contribution in [-0.2, 0) is 65.4 Å². The topological polar surface area (TPSA) is 237 Å². The van der Waals surface area contributed by atoms with Crippen LogP contribution in [0, 0.1) is 11.8 Å². The molecular formula is C88H172O17P2. The van der Waals surface area contributed by atoms with Crippen molar-refractivity contribution in [1.29, 1.82) is 0 Å². The van der Waals surface area contributed by atoms with Gasteiger partial charge in [0.05, 0.1) is 26.4 Å². The van der Waals surface area contributed by atoms with Crippen LogP contribution in [0.25, 0.3) is 0 Å². The zero-order valence-electron chi connectivity index (χ0n) is 70.5. The van der Waals surface area contributed by atoms with Crippen LogP contribution >= 0.6 is 15.6 Å². The van der Waals surface area contributed by atoms with Gasteiger partial charge in [-0.2, -0.15) is 0 Å². The summed E-state index contributed by atoms with van der Waals surface area (Å²) in [7, 11) is -9.93. The minimum atomic E-state index is -4.97. The third-order valence-corrected chi connectivity index (χ3v) is 23.0. The molecule has 0 saturated carbocycles. The summed E-state index contributed by atoms with van der Waals surface area (Å²) in [5.74, 6) is -0.445. The maximum atomic E-state index is 13.2. The lowest BCUT2D eigenvalue weighted by molar-refractivity contribution is -0.161. The first-order valence-corrected chi connectivity index (χ1v) is 48.5. The maximum Gasteiger partial charge on any atom is 0.472 e. The van der Waals surface area contributed by atoms with E-state index in [1.165, 1.54) is 289 Å². The zero-order valence-corrected chi connectivity index (χ0v) is 72.2. The molecule has 19 heteroatoms. The van der Waals surface area contributed by atoms with E-state index >= 15 is 0 Å². The second-order valence-corrected chi connectivity index (χ2v) is 35.3. The van der Waals surface area contributed by atoms with Crippen LogP contribution in [0.2, 0.25) is 0 Å². The minimum absolute atomic E-state index is 0.108. The average molecular weight is 1560 g/mol. The van der Waals surface area contributed by atoms with Gasteiger partial charge in [-0.15, -0.1) is 0 Å². The summed E-state index contributed by atoms with van der Waals surface area (Å²) in [5.41, 5.74) is 0. The third-order valence-electron chi connectivity index (χ3n) is 21.1. The van der Waals surface area contributed by atoms with Crippen molar-refractivity contribution in [2.45, 2.75) is 490 Å². The Morgan fingerprint density at radius 1 is 0.271 bits per heavy atom. The van der Waals surface area contributed by atoms with Crippen molar-refractivity contribution in [1.82, 2.24) is 0 Å². The first-order chi connectivity index (χ1) is 51.9. The molecule has 0 aromatic rings. The highest BCUT2D eigenvalue weighted by Crippen LogP contribution is 2.45. The van der Waals surface area contributed by atoms with Crippen LogP contribution in [0.1, 0.15) is 472 Å². The second kappa shape index (κ2) is 79.3. The normalized spacial score (nSPS) is 14.0. The Balaban J connectivity index is 5.26. The molecule has 0 saturated heterocycles. The molecule has 17 nitrogen and oxygen atoms in total. The molecule has 0 spiro atoms. The summed E-state index contributed by atoms with van der Waals surface area (Å²) in [6.07, 6.45) is 72.0. The molecule has 0 aliphatic rings. The fourth-order valence-corrected chi connectivity index (χ4v) is 15.3. The van der Waals surface area contributed by atoms with E-state index in [1.807, 2.05) is 0 Å². The standard InChI is InChI=1S/C88H172O17P2/c1-7-10-12-14-16-18-20-22-23-24-25-26-29-36-42-48-54-60-66-72-87(92)105-84(77-99-86(91)71-65-59-53-47-41-35-30-27-28-33-38-44-50-56-62-68-80(4)5)79-103-107(96,97)101-75-82(89)74-100-106(94,95)102-78-83(76-98-85(90)70-64-58-52-46-40-21-19-17-15-13-11-8-2)104-88(93)73-67-61-55-49-43-37-32-31-34-39-45-51-57-63-69-81(6)9-3/h80-84,89H,7-79H2,1-6H3,(H,94,95)(H,96,97)/t81?,82-,83+,84+/m0/s1. The predicted octanol–water partition coefficient (Wildman–Crippen LogP) is 27.0. The number of aliphatic hydroxyl groups is 1. The van der Waals surface area contributed by atoms with E-state index in [-0.39, 0.29) is 25.7 Å². The number of unbranched alkanes of at least 4 members (excludes halogenated alkanes) is 56. The molecule has 636 valence electrons. The Kier molecular flexibility index (Phi) is 77.9. The molecule has 0 aromatic carbocycles. The average Bonchev–Trinajstić information content (AvgIpc) is 0.901. The molecule has 3 N–H and O–H groups in total. The first kappa shape index (κ1) is 105. The zero-order chi connectivity index (χ0) is 78.5. The fourth-order valence-electron chi connectivity index (χ4n) is 13.7. The molecule has 6 atom stereocenters. The minimum Gasteiger partial charge on any atom is -0.462 e. The van der Waals surface area contributed by atoms with Gasteiger partial charge in [0, 0.05) is 25.7 Å². The summed E-state index contributed by atoms with van der Waals surface area (Å²) in [6, 6.07) is 0. The molecule has 0 aliphatic heterocycles. The summed E-state index contributed by atoms with van der Waals surface area (Å²) < 4.78 is 69.0. The van der Waals surface area contributed by atoms with E-state index in [4.69, 9.17) is 37.0 Å². The lowest BCUT2D eigenvalue weighted by Crippen LogP contribution is -2.30. The number of ether oxygens (including phenoxy) is 4. The van der Waals surface area contributed by atoms with E-state index < -0.39 is 97.5 Å².